The highest BCUT2D eigenvalue weighted by atomic mass is 32.2. The van der Waals surface area contributed by atoms with E-state index in [2.05, 4.69) is 10.0 Å². The molecule has 0 saturated heterocycles. The summed E-state index contributed by atoms with van der Waals surface area (Å²) >= 11 is 0. The Morgan fingerprint density at radius 3 is 2.32 bits per heavy atom. The molecule has 2 rings (SSSR count). The van der Waals surface area contributed by atoms with Crippen molar-refractivity contribution in [2.75, 3.05) is 18.7 Å². The second-order valence-corrected chi connectivity index (χ2v) is 7.83. The molecule has 0 heterocycles. The Kier molecular flexibility index (Phi) is 6.68. The van der Waals surface area contributed by atoms with Crippen molar-refractivity contribution < 1.29 is 31.1 Å². The van der Waals surface area contributed by atoms with Gasteiger partial charge in [-0.05, 0) is 35.9 Å². The van der Waals surface area contributed by atoms with E-state index in [0.29, 0.717) is 11.3 Å². The van der Waals surface area contributed by atoms with Crippen LogP contribution in [0.5, 0.6) is 5.75 Å². The Labute approximate surface area is 160 Å². The van der Waals surface area contributed by atoms with Crippen molar-refractivity contribution in [2.24, 2.45) is 0 Å². The number of hydrogen-bond acceptors (Lipinski definition) is 4. The van der Waals surface area contributed by atoms with E-state index in [1.54, 1.807) is 24.3 Å². The van der Waals surface area contributed by atoms with Gasteiger partial charge in [0.25, 0.3) is 0 Å². The van der Waals surface area contributed by atoms with Crippen molar-refractivity contribution in [1.82, 2.24) is 4.72 Å². The van der Waals surface area contributed by atoms with E-state index in [4.69, 9.17) is 4.74 Å². The third-order valence-corrected chi connectivity index (χ3v) is 4.45. The molecule has 1 amide bonds. The van der Waals surface area contributed by atoms with Crippen LogP contribution in [0.1, 0.15) is 23.6 Å². The van der Waals surface area contributed by atoms with Gasteiger partial charge in [0.2, 0.25) is 15.9 Å². The molecule has 1 atom stereocenters. The van der Waals surface area contributed by atoms with Crippen LogP contribution >= 0.6 is 0 Å². The van der Waals surface area contributed by atoms with Gasteiger partial charge in [-0.1, -0.05) is 18.2 Å². The van der Waals surface area contributed by atoms with Crippen molar-refractivity contribution >= 4 is 21.6 Å². The number of halogens is 3. The molecule has 0 radical (unpaired) electrons. The summed E-state index contributed by atoms with van der Waals surface area (Å²) in [7, 11) is -2.17. The first kappa shape index (κ1) is 21.7. The van der Waals surface area contributed by atoms with E-state index >= 15 is 0 Å². The third kappa shape index (κ3) is 6.54. The number of benzene rings is 2. The molecule has 0 unspecified atom stereocenters. The molecule has 152 valence electrons. The second kappa shape index (κ2) is 8.61. The number of alkyl halides is 3. The van der Waals surface area contributed by atoms with Crippen LogP contribution < -0.4 is 14.8 Å². The fourth-order valence-electron chi connectivity index (χ4n) is 2.49. The molecule has 0 aliphatic heterocycles. The zero-order valence-electron chi connectivity index (χ0n) is 15.1. The zero-order valence-corrected chi connectivity index (χ0v) is 15.9. The predicted molar refractivity (Wildman–Crippen MR) is 98.4 cm³/mol. The first-order valence-corrected chi connectivity index (χ1v) is 9.95. The second-order valence-electron chi connectivity index (χ2n) is 6.05. The van der Waals surface area contributed by atoms with Crippen LogP contribution in [0.25, 0.3) is 0 Å². The molecule has 6 nitrogen and oxygen atoms in total. The molecule has 2 aromatic carbocycles. The van der Waals surface area contributed by atoms with Gasteiger partial charge in [0.1, 0.15) is 5.75 Å². The predicted octanol–water partition coefficient (Wildman–Crippen LogP) is 3.33. The number of rotatable bonds is 7. The number of anilines is 1. The summed E-state index contributed by atoms with van der Waals surface area (Å²) in [6.07, 6.45) is -3.89. The van der Waals surface area contributed by atoms with Crippen LogP contribution in [0, 0.1) is 0 Å². The molecule has 0 spiro atoms. The average molecular weight is 416 g/mol. The summed E-state index contributed by atoms with van der Waals surface area (Å²) in [5.74, 6) is -0.0911. The van der Waals surface area contributed by atoms with E-state index in [0.717, 1.165) is 18.4 Å². The number of sulfonamides is 1. The third-order valence-electron chi connectivity index (χ3n) is 3.74. The fraction of sp³-hybridized carbons (Fsp3) is 0.278. The van der Waals surface area contributed by atoms with Gasteiger partial charge in [-0.25, -0.2) is 13.1 Å². The molecule has 0 aliphatic rings. The molecule has 0 bridgehead atoms. The van der Waals surface area contributed by atoms with Gasteiger partial charge in [0, 0.05) is 12.1 Å². The largest absolute Gasteiger partial charge is 0.497 e. The molecule has 0 fully saturated rings. The summed E-state index contributed by atoms with van der Waals surface area (Å²) in [6, 6.07) is 9.71. The monoisotopic (exact) mass is 416 g/mol. The highest BCUT2D eigenvalue weighted by Crippen LogP contribution is 2.31. The molecule has 2 aromatic rings. The maximum atomic E-state index is 12.8. The molecule has 10 heteroatoms. The van der Waals surface area contributed by atoms with Gasteiger partial charge in [0.05, 0.1) is 25.0 Å². The Bertz CT molecular complexity index is 929. The minimum absolute atomic E-state index is 0.0346. The Hall–Kier alpha value is -2.59. The number of nitrogens with one attached hydrogen (secondary N) is 2. The van der Waals surface area contributed by atoms with Crippen LogP contribution in [-0.4, -0.2) is 27.7 Å². The van der Waals surface area contributed by atoms with E-state index in [1.165, 1.54) is 19.2 Å². The van der Waals surface area contributed by atoms with Crippen molar-refractivity contribution in [3.8, 4) is 5.75 Å². The van der Waals surface area contributed by atoms with Crippen LogP contribution in [0.15, 0.2) is 48.5 Å². The molecule has 2 N–H and O–H groups in total. The number of carbonyl (C=O) groups is 1. The number of methoxy groups -OCH3 is 1. The van der Waals surface area contributed by atoms with E-state index in [-0.39, 0.29) is 12.1 Å². The van der Waals surface area contributed by atoms with Gasteiger partial charge in [-0.3, -0.25) is 4.79 Å². The minimum atomic E-state index is -4.54. The number of ether oxygens (including phenoxy) is 1. The lowest BCUT2D eigenvalue weighted by molar-refractivity contribution is -0.137. The van der Waals surface area contributed by atoms with Crippen LogP contribution in [-0.2, 0) is 21.0 Å². The lowest BCUT2D eigenvalue weighted by Gasteiger charge is -2.18. The smallest absolute Gasteiger partial charge is 0.416 e. The summed E-state index contributed by atoms with van der Waals surface area (Å²) in [4.78, 5) is 12.3. The summed E-state index contributed by atoms with van der Waals surface area (Å²) in [5, 5.41) is 2.36. The molecular formula is C18H19F3N2O4S. The first-order chi connectivity index (χ1) is 13.0. The standard InChI is InChI=1S/C18H19F3N2O4S/c1-27-15-8-6-12(7-9-15)16(23-28(2,25)26)11-17(24)22-14-5-3-4-13(10-14)18(19,20)21/h3-10,16,23H,11H2,1-2H3,(H,22,24)/t16-/m1/s1. The number of carbonyl (C=O) groups excluding carboxylic acids is 1. The van der Waals surface area contributed by atoms with Gasteiger partial charge in [-0.15, -0.1) is 0 Å². The van der Waals surface area contributed by atoms with Gasteiger partial charge < -0.3 is 10.1 Å². The molecular weight excluding hydrogens is 397 g/mol. The Balaban J connectivity index is 2.18. The fourth-order valence-corrected chi connectivity index (χ4v) is 3.23. The van der Waals surface area contributed by atoms with Crippen molar-refractivity contribution in [3.05, 3.63) is 59.7 Å². The van der Waals surface area contributed by atoms with Gasteiger partial charge in [0.15, 0.2) is 0 Å². The maximum absolute atomic E-state index is 12.8. The number of hydrogen-bond donors (Lipinski definition) is 2. The Morgan fingerprint density at radius 1 is 1.14 bits per heavy atom. The first-order valence-electron chi connectivity index (χ1n) is 8.06. The molecule has 0 saturated carbocycles. The van der Waals surface area contributed by atoms with Gasteiger partial charge >= 0.3 is 6.18 Å². The van der Waals surface area contributed by atoms with Crippen molar-refractivity contribution in [3.63, 3.8) is 0 Å². The van der Waals surface area contributed by atoms with E-state index < -0.39 is 33.7 Å². The lowest BCUT2D eigenvalue weighted by atomic mass is 10.0. The highest BCUT2D eigenvalue weighted by molar-refractivity contribution is 7.88. The molecule has 0 aromatic heterocycles. The van der Waals surface area contributed by atoms with Crippen molar-refractivity contribution in [1.29, 1.82) is 0 Å². The average Bonchev–Trinajstić information content (AvgIpc) is 2.59. The van der Waals surface area contributed by atoms with Crippen LogP contribution in [0.2, 0.25) is 0 Å². The van der Waals surface area contributed by atoms with Crippen molar-refractivity contribution in [2.45, 2.75) is 18.6 Å². The number of amides is 1. The van der Waals surface area contributed by atoms with Crippen LogP contribution in [0.4, 0.5) is 18.9 Å². The quantitative estimate of drug-likeness (QED) is 0.725. The van der Waals surface area contributed by atoms with Crippen LogP contribution in [0.3, 0.4) is 0 Å². The topological polar surface area (TPSA) is 84.5 Å². The summed E-state index contributed by atoms with van der Waals surface area (Å²) in [5.41, 5.74) is -0.427. The summed E-state index contributed by atoms with van der Waals surface area (Å²) < 4.78 is 69.0. The molecule has 0 aliphatic carbocycles. The zero-order chi connectivity index (χ0) is 20.9. The highest BCUT2D eigenvalue weighted by Gasteiger charge is 2.30. The van der Waals surface area contributed by atoms with E-state index in [1.807, 2.05) is 0 Å². The maximum Gasteiger partial charge on any atom is 0.416 e. The SMILES string of the molecule is COc1ccc([C@@H](CC(=O)Nc2cccc(C(F)(F)F)c2)NS(C)(=O)=O)cc1. The van der Waals surface area contributed by atoms with Gasteiger partial charge in [-0.2, -0.15) is 13.2 Å². The lowest BCUT2D eigenvalue weighted by Crippen LogP contribution is -2.30. The molecule has 28 heavy (non-hydrogen) atoms. The Morgan fingerprint density at radius 2 is 1.79 bits per heavy atom. The van der Waals surface area contributed by atoms with E-state index in [9.17, 15) is 26.4 Å². The summed E-state index contributed by atoms with van der Waals surface area (Å²) in [6.45, 7) is 0. The minimum Gasteiger partial charge on any atom is -0.497 e. The normalized spacial score (nSPS) is 13.0.